The molecule has 2 saturated carbocycles. The van der Waals surface area contributed by atoms with Crippen molar-refractivity contribution in [1.29, 1.82) is 0 Å². The minimum Gasteiger partial charge on any atom is -0.481 e. The number of amides is 1. The van der Waals surface area contributed by atoms with Gasteiger partial charge in [-0.2, -0.15) is 10.2 Å². The number of aromatic amines is 2. The maximum Gasteiger partial charge on any atom is 0.306 e. The second-order valence-electron chi connectivity index (χ2n) is 12.8. The number of fused-ring (bicyclic) bond motifs is 2. The van der Waals surface area contributed by atoms with E-state index in [1.165, 1.54) is 0 Å². The lowest BCUT2D eigenvalue weighted by molar-refractivity contribution is -0.138. The average molecular weight is 794 g/mol. The number of nitrogen functional groups attached to an aromatic ring is 2. The number of carbonyl (C=O) groups is 2. The van der Waals surface area contributed by atoms with Crippen LogP contribution in [0.5, 0.6) is 0 Å². The first-order chi connectivity index (χ1) is 27.1. The van der Waals surface area contributed by atoms with Crippen LogP contribution in [-0.4, -0.2) is 98.7 Å². The number of H-pyrrole nitrogens is 2. The molecular formula is C37H49FN12O3S2. The number of carbonyl (C=O) groups excluding carboxylic acids is 1. The molecule has 10 N–H and O–H groups in total. The summed E-state index contributed by atoms with van der Waals surface area (Å²) in [6.07, 6.45) is 7.35. The van der Waals surface area contributed by atoms with E-state index in [1.807, 2.05) is 48.2 Å². The third-order valence-corrected chi connectivity index (χ3v) is 11.0. The van der Waals surface area contributed by atoms with Gasteiger partial charge < -0.3 is 37.4 Å². The highest BCUT2D eigenvalue weighted by Crippen LogP contribution is 2.38. The molecule has 0 aliphatic heterocycles. The molecular weight excluding hydrogens is 744 g/mol. The average Bonchev–Trinajstić information content (AvgIpc) is 3.94. The predicted molar refractivity (Wildman–Crippen MR) is 221 cm³/mol. The minimum atomic E-state index is -1.00. The lowest BCUT2D eigenvalue weighted by Crippen LogP contribution is -2.35. The summed E-state index contributed by atoms with van der Waals surface area (Å²) in [6.45, 7) is 8.98. The van der Waals surface area contributed by atoms with Crippen LogP contribution >= 0.6 is 22.7 Å². The van der Waals surface area contributed by atoms with Gasteiger partial charge >= 0.3 is 5.97 Å². The molecule has 2 fully saturated rings. The van der Waals surface area contributed by atoms with E-state index in [-0.39, 0.29) is 17.7 Å². The van der Waals surface area contributed by atoms with Crippen molar-refractivity contribution in [1.82, 2.24) is 40.6 Å². The van der Waals surface area contributed by atoms with Crippen LogP contribution in [0.25, 0.3) is 41.6 Å². The van der Waals surface area contributed by atoms with Gasteiger partial charge in [0.05, 0.1) is 67.4 Å². The number of likely N-dealkylation sites (N-methyl/N-ethyl adjacent to an activating group) is 2. The molecule has 8 rings (SSSR count). The zero-order valence-electron chi connectivity index (χ0n) is 31.9. The molecule has 0 radical (unpaired) electrons. The first kappa shape index (κ1) is 39.4. The second kappa shape index (κ2) is 19.8. The number of nitrogens with two attached hydrogens (primary N) is 2. The van der Waals surface area contributed by atoms with Gasteiger partial charge in [-0.25, -0.2) is 9.97 Å². The maximum atomic E-state index is 12.2. The van der Waals surface area contributed by atoms with E-state index >= 15 is 0 Å². The fourth-order valence-corrected chi connectivity index (χ4v) is 7.66. The van der Waals surface area contributed by atoms with Crippen LogP contribution in [0.3, 0.4) is 0 Å². The summed E-state index contributed by atoms with van der Waals surface area (Å²) < 4.78 is 17.7. The smallest absolute Gasteiger partial charge is 0.306 e. The van der Waals surface area contributed by atoms with E-state index in [0.717, 1.165) is 105 Å². The molecule has 0 bridgehead atoms. The molecule has 0 spiro atoms. The van der Waals surface area contributed by atoms with Crippen molar-refractivity contribution in [3.05, 3.63) is 48.8 Å². The van der Waals surface area contributed by atoms with Gasteiger partial charge in [-0.1, -0.05) is 6.92 Å². The Morgan fingerprint density at radius 2 is 1.38 bits per heavy atom. The highest BCUT2D eigenvalue weighted by Gasteiger charge is 2.32. The number of carboxylic acid groups (broad SMARTS) is 1. The summed E-state index contributed by atoms with van der Waals surface area (Å²) >= 11 is 3.33. The Balaban J connectivity index is 0.000000178. The number of pyridine rings is 2. The van der Waals surface area contributed by atoms with Crippen molar-refractivity contribution in [3.63, 3.8) is 0 Å². The summed E-state index contributed by atoms with van der Waals surface area (Å²) in [5.74, 6) is 0.941. The van der Waals surface area contributed by atoms with Crippen molar-refractivity contribution in [3.8, 4) is 21.1 Å². The van der Waals surface area contributed by atoms with Gasteiger partial charge in [0.25, 0.3) is 0 Å². The lowest BCUT2D eigenvalue weighted by atomic mass is 10.3. The Morgan fingerprint density at radius 1 is 0.873 bits per heavy atom. The number of anilines is 4. The number of halogens is 1. The topological polar surface area (TPSA) is 229 Å². The number of thiophene rings is 2. The molecule has 1 amide bonds. The van der Waals surface area contributed by atoms with E-state index in [1.54, 1.807) is 35.1 Å². The van der Waals surface area contributed by atoms with Crippen molar-refractivity contribution in [2.24, 2.45) is 11.8 Å². The van der Waals surface area contributed by atoms with Gasteiger partial charge in [-0.3, -0.25) is 24.2 Å². The Labute approximate surface area is 327 Å². The van der Waals surface area contributed by atoms with Gasteiger partial charge in [0.15, 0.2) is 0 Å². The van der Waals surface area contributed by atoms with Crippen LogP contribution in [0, 0.1) is 11.8 Å². The Kier molecular flexibility index (Phi) is 14.2. The van der Waals surface area contributed by atoms with E-state index < -0.39 is 13.1 Å². The molecule has 55 heavy (non-hydrogen) atoms. The molecule has 2 aliphatic carbocycles. The van der Waals surface area contributed by atoms with Crippen LogP contribution in [0.15, 0.2) is 48.8 Å². The monoisotopic (exact) mass is 793 g/mol. The molecule has 0 saturated heterocycles. The highest BCUT2D eigenvalue weighted by molar-refractivity contribution is 7.23. The molecule has 6 heterocycles. The molecule has 2 aliphatic rings. The lowest BCUT2D eigenvalue weighted by Gasteiger charge is -2.21. The fourth-order valence-electron chi connectivity index (χ4n) is 5.53. The number of carboxylic acids is 1. The third kappa shape index (κ3) is 11.3. The standard InChI is InChI=1S/C18H22N6OS.C14H18N6S.C4H6O2.CH3F/c1-2-24(18(25)11-3-4-11)8-7-20-13-10-16(19)22-14-9-15(26-17(13)14)12-5-6-21-23-12;1-2-16-5-6-17-10-8-13(15)19-11-7-12(21-14(10)11)9-3-4-18-20-9;5-4(6)3-1-2-3;1-2/h5-6,9-11H,2-4,7-8H2,1H3,(H,21,23)(H3,19,20,22);3-4,7-8,16H,2,5-6H2,1H3,(H,18,20)(H3,15,17,19);3H,1-2H2,(H,5,6);1H3/i;;;1D. The molecule has 6 aromatic heterocycles. The maximum absolute atomic E-state index is 12.2. The summed E-state index contributed by atoms with van der Waals surface area (Å²) in [6, 6.07) is 11.7. The normalized spacial score (nSPS) is 13.4. The van der Waals surface area contributed by atoms with Crippen LogP contribution in [-0.2, 0) is 9.59 Å². The number of aliphatic carboxylic acids is 1. The summed E-state index contributed by atoms with van der Waals surface area (Å²) in [5.41, 5.74) is 17.6. The molecule has 294 valence electrons. The van der Waals surface area contributed by atoms with E-state index in [9.17, 15) is 14.0 Å². The van der Waals surface area contributed by atoms with E-state index in [4.69, 9.17) is 17.9 Å². The number of rotatable bonds is 14. The largest absolute Gasteiger partial charge is 0.481 e. The van der Waals surface area contributed by atoms with Crippen molar-refractivity contribution >= 4 is 78.0 Å². The second-order valence-corrected chi connectivity index (χ2v) is 14.9. The number of alkyl halides is 1. The van der Waals surface area contributed by atoms with Crippen LogP contribution in [0.4, 0.5) is 27.4 Å². The van der Waals surface area contributed by atoms with Gasteiger partial charge in [-0.15, -0.1) is 22.7 Å². The summed E-state index contributed by atoms with van der Waals surface area (Å²) in [5, 5.41) is 32.2. The van der Waals surface area contributed by atoms with E-state index in [0.29, 0.717) is 24.7 Å². The molecule has 15 nitrogen and oxygen atoms in total. The van der Waals surface area contributed by atoms with Gasteiger partial charge in [0.2, 0.25) is 5.91 Å². The predicted octanol–water partition coefficient (Wildman–Crippen LogP) is 6.30. The van der Waals surface area contributed by atoms with Crippen molar-refractivity contribution < 1.29 is 20.5 Å². The summed E-state index contributed by atoms with van der Waals surface area (Å²) in [4.78, 5) is 34.9. The molecule has 0 atom stereocenters. The van der Waals surface area contributed by atoms with Crippen molar-refractivity contribution in [2.45, 2.75) is 39.5 Å². The molecule has 6 aromatic rings. The van der Waals surface area contributed by atoms with Crippen molar-refractivity contribution in [2.75, 3.05) is 68.5 Å². The number of nitrogens with one attached hydrogen (secondary N) is 5. The first-order valence-electron chi connectivity index (χ1n) is 18.8. The number of aromatic nitrogens is 6. The molecule has 0 aromatic carbocycles. The van der Waals surface area contributed by atoms with Gasteiger partial charge in [0, 0.05) is 63.2 Å². The Morgan fingerprint density at radius 3 is 1.78 bits per heavy atom. The minimum absolute atomic E-state index is 0.0185. The van der Waals surface area contributed by atoms with E-state index in [2.05, 4.69) is 53.2 Å². The Bertz CT molecular complexity index is 2140. The van der Waals surface area contributed by atoms with Gasteiger partial charge in [0.1, 0.15) is 11.6 Å². The molecule has 18 heteroatoms. The van der Waals surface area contributed by atoms with Gasteiger partial charge in [-0.05, 0) is 63.4 Å². The highest BCUT2D eigenvalue weighted by atomic mass is 32.1. The first-order valence-corrected chi connectivity index (χ1v) is 19.7. The molecule has 0 unspecified atom stereocenters. The SMILES string of the molecule is CCN(CCNc1cc(N)nc2cc(-c3ccn[nH]3)sc12)C(=O)C1CC1.CCNCCNc1cc(N)nc2cc(-c3ccn[nH]3)sc12.O=C(O)C1CC1.[2H]CF. The third-order valence-electron chi connectivity index (χ3n) is 8.64. The number of hydrogen-bond acceptors (Lipinski definition) is 13. The number of nitrogens with zero attached hydrogens (tertiary/aromatic N) is 5. The number of hydrogen-bond donors (Lipinski definition) is 8. The summed E-state index contributed by atoms with van der Waals surface area (Å²) in [7, 11) is -1.00. The van der Waals surface area contributed by atoms with Crippen LogP contribution in [0.2, 0.25) is 0 Å². The quantitative estimate of drug-likeness (QED) is 0.0569. The van der Waals surface area contributed by atoms with Crippen LogP contribution < -0.4 is 27.4 Å². The zero-order chi connectivity index (χ0) is 40.0. The fraction of sp³-hybridized carbons (Fsp3) is 0.405. The van der Waals surface area contributed by atoms with Crippen LogP contribution in [0.1, 0.15) is 40.9 Å². The zero-order valence-corrected chi connectivity index (χ0v) is 32.5. The Hall–Kier alpha value is -5.33.